The summed E-state index contributed by atoms with van der Waals surface area (Å²) in [5.74, 6) is -0.336. The number of esters is 1. The third-order valence-electron chi connectivity index (χ3n) is 7.05. The van der Waals surface area contributed by atoms with E-state index in [4.69, 9.17) is 4.74 Å². The van der Waals surface area contributed by atoms with Gasteiger partial charge in [-0.1, -0.05) is 31.1 Å². The van der Waals surface area contributed by atoms with Crippen molar-refractivity contribution in [3.8, 4) is 0 Å². The van der Waals surface area contributed by atoms with Crippen LogP contribution in [0.2, 0.25) is 0 Å². The average molecular weight is 363 g/mol. The van der Waals surface area contributed by atoms with Gasteiger partial charge in [0.2, 0.25) is 0 Å². The molecule has 0 aromatic heterocycles. The summed E-state index contributed by atoms with van der Waals surface area (Å²) in [5, 5.41) is 9.89. The highest BCUT2D eigenvalue weighted by atomic mass is 16.5. The highest BCUT2D eigenvalue weighted by Crippen LogP contribution is 2.62. The molecule has 0 amide bonds. The van der Waals surface area contributed by atoms with Crippen molar-refractivity contribution < 1.29 is 19.4 Å². The van der Waals surface area contributed by atoms with Crippen LogP contribution in [0, 0.1) is 22.7 Å². The highest BCUT2D eigenvalue weighted by molar-refractivity contribution is 5.75. The lowest BCUT2D eigenvalue weighted by atomic mass is 9.46. The molecule has 0 heterocycles. The molecule has 4 nitrogen and oxygen atoms in total. The topological polar surface area (TPSA) is 63.6 Å². The van der Waals surface area contributed by atoms with Crippen LogP contribution in [0.15, 0.2) is 23.8 Å². The SMILES string of the molecule is C=C1CC[C@@H]2[C@](C)(CCC[C@@]2(C)C(=O)O)[C@H]1CC/C(C)=C/COC(C)=O. The van der Waals surface area contributed by atoms with Gasteiger partial charge in [0.15, 0.2) is 0 Å². The molecule has 0 aromatic carbocycles. The van der Waals surface area contributed by atoms with Crippen molar-refractivity contribution in [3.05, 3.63) is 23.8 Å². The number of carbonyl (C=O) groups is 2. The Kier molecular flexibility index (Phi) is 6.36. The van der Waals surface area contributed by atoms with Gasteiger partial charge in [-0.05, 0) is 75.7 Å². The van der Waals surface area contributed by atoms with Crippen LogP contribution in [-0.2, 0) is 14.3 Å². The van der Waals surface area contributed by atoms with Gasteiger partial charge in [0.1, 0.15) is 6.61 Å². The maximum Gasteiger partial charge on any atom is 0.309 e. The van der Waals surface area contributed by atoms with E-state index < -0.39 is 11.4 Å². The fourth-order valence-electron chi connectivity index (χ4n) is 5.51. The molecular formula is C22H34O4. The molecular weight excluding hydrogens is 328 g/mol. The summed E-state index contributed by atoms with van der Waals surface area (Å²) in [6, 6.07) is 0. The number of rotatable bonds is 6. The van der Waals surface area contributed by atoms with Gasteiger partial charge in [0.25, 0.3) is 0 Å². The molecule has 2 saturated carbocycles. The largest absolute Gasteiger partial charge is 0.481 e. The molecule has 0 radical (unpaired) electrons. The minimum atomic E-state index is -0.642. The Morgan fingerprint density at radius 2 is 2.00 bits per heavy atom. The van der Waals surface area contributed by atoms with Gasteiger partial charge in [-0.3, -0.25) is 9.59 Å². The van der Waals surface area contributed by atoms with Crippen LogP contribution < -0.4 is 0 Å². The first-order valence-electron chi connectivity index (χ1n) is 9.81. The van der Waals surface area contributed by atoms with E-state index >= 15 is 0 Å². The fraction of sp³-hybridized carbons (Fsp3) is 0.727. The first-order chi connectivity index (χ1) is 12.1. The smallest absolute Gasteiger partial charge is 0.309 e. The van der Waals surface area contributed by atoms with E-state index in [9.17, 15) is 14.7 Å². The first-order valence-corrected chi connectivity index (χ1v) is 9.81. The monoisotopic (exact) mass is 362 g/mol. The van der Waals surface area contributed by atoms with Crippen LogP contribution in [0.25, 0.3) is 0 Å². The van der Waals surface area contributed by atoms with Crippen molar-refractivity contribution >= 4 is 11.9 Å². The van der Waals surface area contributed by atoms with E-state index in [1.165, 1.54) is 18.1 Å². The van der Waals surface area contributed by atoms with E-state index in [1.807, 2.05) is 13.0 Å². The average Bonchev–Trinajstić information content (AvgIpc) is 2.53. The number of fused-ring (bicyclic) bond motifs is 1. The molecule has 2 rings (SSSR count). The molecule has 2 fully saturated rings. The molecule has 2 aliphatic carbocycles. The second kappa shape index (κ2) is 7.98. The molecule has 2 aliphatic rings. The van der Waals surface area contributed by atoms with Crippen molar-refractivity contribution in [3.63, 3.8) is 0 Å². The van der Waals surface area contributed by atoms with Crippen LogP contribution in [0.3, 0.4) is 0 Å². The maximum atomic E-state index is 12.0. The lowest BCUT2D eigenvalue weighted by molar-refractivity contribution is -0.164. The molecule has 1 N–H and O–H groups in total. The van der Waals surface area contributed by atoms with Crippen molar-refractivity contribution in [1.29, 1.82) is 0 Å². The zero-order valence-electron chi connectivity index (χ0n) is 16.8. The van der Waals surface area contributed by atoms with E-state index in [1.54, 1.807) is 0 Å². The number of carboxylic acid groups (broad SMARTS) is 1. The molecule has 146 valence electrons. The standard InChI is InChI=1S/C22H34O4/c1-15(11-14-26-17(3)23)7-9-18-16(2)8-10-19-21(18,4)12-6-13-22(19,5)20(24)25/h11,18-19H,2,6-10,12-14H2,1,3-5H3,(H,24,25)/b15-11+/t18-,19+,21+,22+/m0/s1. The lowest BCUT2D eigenvalue weighted by Crippen LogP contribution is -2.53. The molecule has 26 heavy (non-hydrogen) atoms. The summed E-state index contributed by atoms with van der Waals surface area (Å²) < 4.78 is 4.99. The number of hydrogen-bond acceptors (Lipinski definition) is 3. The van der Waals surface area contributed by atoms with Gasteiger partial charge in [0.05, 0.1) is 5.41 Å². The summed E-state index contributed by atoms with van der Waals surface area (Å²) in [6.07, 6.45) is 8.60. The minimum Gasteiger partial charge on any atom is -0.481 e. The Bertz CT molecular complexity index is 605. The van der Waals surface area contributed by atoms with E-state index in [0.29, 0.717) is 12.5 Å². The van der Waals surface area contributed by atoms with E-state index in [-0.39, 0.29) is 17.3 Å². The molecule has 0 aromatic rings. The van der Waals surface area contributed by atoms with Gasteiger partial charge in [-0.2, -0.15) is 0 Å². The fourth-order valence-corrected chi connectivity index (χ4v) is 5.51. The second-order valence-corrected chi connectivity index (χ2v) is 8.78. The van der Waals surface area contributed by atoms with Gasteiger partial charge in [-0.25, -0.2) is 0 Å². The molecule has 0 saturated heterocycles. The number of hydrogen-bond donors (Lipinski definition) is 1. The molecule has 4 atom stereocenters. The predicted molar refractivity (Wildman–Crippen MR) is 103 cm³/mol. The van der Waals surface area contributed by atoms with Gasteiger partial charge in [0, 0.05) is 6.92 Å². The lowest BCUT2D eigenvalue weighted by Gasteiger charge is -2.57. The number of aliphatic carboxylic acids is 1. The predicted octanol–water partition coefficient (Wildman–Crippen LogP) is 5.14. The molecule has 0 unspecified atom stereocenters. The summed E-state index contributed by atoms with van der Waals surface area (Å²) >= 11 is 0. The molecule has 0 spiro atoms. The zero-order valence-corrected chi connectivity index (χ0v) is 16.8. The normalized spacial score (nSPS) is 34.9. The van der Waals surface area contributed by atoms with E-state index in [0.717, 1.165) is 44.9 Å². The number of allylic oxidation sites excluding steroid dienone is 2. The summed E-state index contributed by atoms with van der Waals surface area (Å²) in [7, 11) is 0. The Balaban J connectivity index is 2.13. The van der Waals surface area contributed by atoms with Crippen molar-refractivity contribution in [2.75, 3.05) is 6.61 Å². The second-order valence-electron chi connectivity index (χ2n) is 8.78. The van der Waals surface area contributed by atoms with Gasteiger partial charge < -0.3 is 9.84 Å². The van der Waals surface area contributed by atoms with Crippen LogP contribution >= 0.6 is 0 Å². The van der Waals surface area contributed by atoms with Crippen molar-refractivity contribution in [1.82, 2.24) is 0 Å². The first kappa shape index (κ1) is 20.7. The summed E-state index contributed by atoms with van der Waals surface area (Å²) in [5.41, 5.74) is 1.89. The number of carboxylic acids is 1. The Hall–Kier alpha value is -1.58. The zero-order chi connectivity index (χ0) is 19.5. The van der Waals surface area contributed by atoms with Crippen LogP contribution in [0.4, 0.5) is 0 Å². The molecule has 4 heteroatoms. The van der Waals surface area contributed by atoms with Crippen molar-refractivity contribution in [2.24, 2.45) is 22.7 Å². The highest BCUT2D eigenvalue weighted by Gasteiger charge is 2.57. The van der Waals surface area contributed by atoms with Gasteiger partial charge in [-0.15, -0.1) is 0 Å². The van der Waals surface area contributed by atoms with E-state index in [2.05, 4.69) is 20.4 Å². The minimum absolute atomic E-state index is 0.0108. The Morgan fingerprint density at radius 1 is 1.31 bits per heavy atom. The van der Waals surface area contributed by atoms with Crippen LogP contribution in [-0.4, -0.2) is 23.7 Å². The van der Waals surface area contributed by atoms with Crippen LogP contribution in [0.5, 0.6) is 0 Å². The Labute approximate surface area is 157 Å². The quantitative estimate of drug-likeness (QED) is 0.525. The Morgan fingerprint density at radius 3 is 2.62 bits per heavy atom. The molecule has 0 aliphatic heterocycles. The summed E-state index contributed by atoms with van der Waals surface area (Å²) in [4.78, 5) is 22.9. The van der Waals surface area contributed by atoms with Crippen LogP contribution in [0.1, 0.15) is 72.6 Å². The number of ether oxygens (including phenoxy) is 1. The van der Waals surface area contributed by atoms with Gasteiger partial charge >= 0.3 is 11.9 Å². The molecule has 0 bridgehead atoms. The maximum absolute atomic E-state index is 12.0. The summed E-state index contributed by atoms with van der Waals surface area (Å²) in [6.45, 7) is 12.4. The van der Waals surface area contributed by atoms with Crippen molar-refractivity contribution in [2.45, 2.75) is 72.6 Å². The third-order valence-corrected chi connectivity index (χ3v) is 7.05. The third kappa shape index (κ3) is 4.05. The number of carbonyl (C=O) groups excluding carboxylic acids is 1.